The Morgan fingerprint density at radius 2 is 2.17 bits per heavy atom. The Morgan fingerprint density at radius 3 is 2.78 bits per heavy atom. The van der Waals surface area contributed by atoms with Gasteiger partial charge in [0.15, 0.2) is 0 Å². The second-order valence-electron chi connectivity index (χ2n) is 4.55. The number of carbonyl (C=O) groups is 1. The summed E-state index contributed by atoms with van der Waals surface area (Å²) in [6.45, 7) is 0. The number of fused-ring (bicyclic) bond motifs is 1. The van der Waals surface area contributed by atoms with Crippen LogP contribution in [0.1, 0.15) is 34.8 Å². The van der Waals surface area contributed by atoms with Crippen molar-refractivity contribution in [2.45, 2.75) is 18.8 Å². The van der Waals surface area contributed by atoms with Crippen LogP contribution in [0.25, 0.3) is 10.8 Å². The second-order valence-corrected chi connectivity index (χ2v) is 4.55. The van der Waals surface area contributed by atoms with Crippen molar-refractivity contribution in [2.24, 2.45) is 0 Å². The highest BCUT2D eigenvalue weighted by Gasteiger charge is 2.27. The zero-order valence-corrected chi connectivity index (χ0v) is 10.0. The van der Waals surface area contributed by atoms with E-state index in [9.17, 15) is 4.79 Å². The summed E-state index contributed by atoms with van der Waals surface area (Å²) in [7, 11) is 1.55. The van der Waals surface area contributed by atoms with Gasteiger partial charge in [-0.05, 0) is 31.0 Å². The van der Waals surface area contributed by atoms with Crippen LogP contribution in [0.4, 0.5) is 0 Å². The van der Waals surface area contributed by atoms with E-state index in [-0.39, 0.29) is 5.56 Å². The Labute approximate surface area is 104 Å². The van der Waals surface area contributed by atoms with Gasteiger partial charge in [-0.1, -0.05) is 0 Å². The van der Waals surface area contributed by atoms with Gasteiger partial charge in [0.2, 0.25) is 0 Å². The number of nitrogens with zero attached hydrogens (tertiary/aromatic N) is 1. The molecule has 0 spiro atoms. The molecule has 18 heavy (non-hydrogen) atoms. The third kappa shape index (κ3) is 1.70. The minimum atomic E-state index is -0.944. The van der Waals surface area contributed by atoms with E-state index >= 15 is 0 Å². The zero-order chi connectivity index (χ0) is 12.7. The molecule has 0 saturated heterocycles. The van der Waals surface area contributed by atoms with Gasteiger partial charge in [-0.2, -0.15) is 0 Å². The summed E-state index contributed by atoms with van der Waals surface area (Å²) in [5.41, 5.74) is 1.24. The summed E-state index contributed by atoms with van der Waals surface area (Å²) in [5, 5.41) is 11.0. The first-order valence-electron chi connectivity index (χ1n) is 5.90. The first kappa shape index (κ1) is 11.0. The maximum absolute atomic E-state index is 11.1. The molecule has 0 bridgehead atoms. The number of hydrogen-bond donors (Lipinski definition) is 1. The molecule has 0 amide bonds. The fraction of sp³-hybridized carbons (Fsp3) is 0.286. The Bertz CT molecular complexity index is 632. The molecule has 1 N–H and O–H groups in total. The van der Waals surface area contributed by atoms with E-state index in [1.165, 1.54) is 0 Å². The highest BCUT2D eigenvalue weighted by atomic mass is 16.5. The molecule has 1 heterocycles. The van der Waals surface area contributed by atoms with E-state index in [1.807, 2.05) is 6.07 Å². The van der Waals surface area contributed by atoms with E-state index < -0.39 is 5.97 Å². The molecule has 0 atom stereocenters. The predicted octanol–water partition coefficient (Wildman–Crippen LogP) is 2.82. The molecule has 2 aromatic rings. The van der Waals surface area contributed by atoms with Crippen molar-refractivity contribution >= 4 is 16.7 Å². The number of aromatic carboxylic acids is 1. The van der Waals surface area contributed by atoms with Crippen molar-refractivity contribution < 1.29 is 14.6 Å². The number of carboxylic acids is 1. The Kier molecular flexibility index (Phi) is 2.44. The van der Waals surface area contributed by atoms with Crippen LogP contribution in [0.3, 0.4) is 0 Å². The number of benzene rings is 1. The SMILES string of the molecule is COc1cc(C(=O)O)cc2c(C3CC3)nccc12. The number of aromatic nitrogens is 1. The summed E-state index contributed by atoms with van der Waals surface area (Å²) < 4.78 is 5.28. The molecule has 1 fully saturated rings. The fourth-order valence-electron chi connectivity index (χ4n) is 2.25. The number of hydrogen-bond acceptors (Lipinski definition) is 3. The molecular formula is C14H13NO3. The third-order valence-corrected chi connectivity index (χ3v) is 3.30. The van der Waals surface area contributed by atoms with Gasteiger partial charge in [-0.25, -0.2) is 4.79 Å². The highest BCUT2D eigenvalue weighted by Crippen LogP contribution is 2.43. The first-order valence-corrected chi connectivity index (χ1v) is 5.90. The molecule has 0 aliphatic heterocycles. The Hall–Kier alpha value is -2.10. The number of carboxylic acid groups (broad SMARTS) is 1. The lowest BCUT2D eigenvalue weighted by Gasteiger charge is -2.10. The van der Waals surface area contributed by atoms with Gasteiger partial charge < -0.3 is 9.84 Å². The summed E-state index contributed by atoms with van der Waals surface area (Å²) in [6, 6.07) is 5.12. The number of rotatable bonds is 3. The average molecular weight is 243 g/mol. The molecule has 4 heteroatoms. The summed E-state index contributed by atoms with van der Waals surface area (Å²) in [5.74, 6) is 0.123. The molecule has 1 aliphatic rings. The molecule has 0 radical (unpaired) electrons. The maximum atomic E-state index is 11.1. The maximum Gasteiger partial charge on any atom is 0.335 e. The summed E-state index contributed by atoms with van der Waals surface area (Å²) >= 11 is 0. The van der Waals surface area contributed by atoms with Crippen LogP contribution in [0, 0.1) is 0 Å². The number of methoxy groups -OCH3 is 1. The molecular weight excluding hydrogens is 230 g/mol. The van der Waals surface area contributed by atoms with Crippen molar-refractivity contribution in [1.29, 1.82) is 0 Å². The molecule has 4 nitrogen and oxygen atoms in total. The fourth-order valence-corrected chi connectivity index (χ4v) is 2.25. The van der Waals surface area contributed by atoms with Crippen molar-refractivity contribution in [3.63, 3.8) is 0 Å². The second kappa shape index (κ2) is 3.98. The Morgan fingerprint density at radius 1 is 1.39 bits per heavy atom. The summed E-state index contributed by atoms with van der Waals surface area (Å²) in [6.07, 6.45) is 4.02. The molecule has 3 rings (SSSR count). The van der Waals surface area contributed by atoms with Gasteiger partial charge in [0.1, 0.15) is 5.75 Å². The van der Waals surface area contributed by atoms with Crippen molar-refractivity contribution in [2.75, 3.05) is 7.11 Å². The molecule has 92 valence electrons. The molecule has 0 unspecified atom stereocenters. The van der Waals surface area contributed by atoms with Crippen LogP contribution in [0.15, 0.2) is 24.4 Å². The molecule has 1 aromatic heterocycles. The van der Waals surface area contributed by atoms with Crippen LogP contribution < -0.4 is 4.74 Å². The average Bonchev–Trinajstić information content (AvgIpc) is 3.20. The first-order chi connectivity index (χ1) is 8.70. The zero-order valence-electron chi connectivity index (χ0n) is 10.0. The van der Waals surface area contributed by atoms with Crippen LogP contribution in [0.2, 0.25) is 0 Å². The smallest absolute Gasteiger partial charge is 0.335 e. The topological polar surface area (TPSA) is 59.4 Å². The minimum absolute atomic E-state index is 0.245. The van der Waals surface area contributed by atoms with Crippen molar-refractivity contribution in [3.8, 4) is 5.75 Å². The third-order valence-electron chi connectivity index (χ3n) is 3.30. The predicted molar refractivity (Wildman–Crippen MR) is 67.2 cm³/mol. The van der Waals surface area contributed by atoms with Crippen LogP contribution in [0.5, 0.6) is 5.75 Å². The van der Waals surface area contributed by atoms with Gasteiger partial charge in [0, 0.05) is 22.9 Å². The van der Waals surface area contributed by atoms with E-state index in [0.29, 0.717) is 11.7 Å². The van der Waals surface area contributed by atoms with E-state index in [4.69, 9.17) is 9.84 Å². The highest BCUT2D eigenvalue weighted by molar-refractivity contribution is 5.98. The monoisotopic (exact) mass is 243 g/mol. The standard InChI is InChI=1S/C14H13NO3/c1-18-12-7-9(14(16)17)6-11-10(12)4-5-15-13(11)8-2-3-8/h4-8H,2-3H2,1H3,(H,16,17). The van der Waals surface area contributed by atoms with Crippen LogP contribution in [-0.2, 0) is 0 Å². The number of pyridine rings is 1. The van der Waals surface area contributed by atoms with E-state index in [1.54, 1.807) is 25.4 Å². The molecule has 1 aromatic carbocycles. The van der Waals surface area contributed by atoms with Crippen molar-refractivity contribution in [3.05, 3.63) is 35.7 Å². The van der Waals surface area contributed by atoms with Gasteiger partial charge in [-0.3, -0.25) is 4.98 Å². The summed E-state index contributed by atoms with van der Waals surface area (Å²) in [4.78, 5) is 15.5. The normalized spacial score (nSPS) is 14.7. The van der Waals surface area contributed by atoms with Gasteiger partial charge in [0.25, 0.3) is 0 Å². The quantitative estimate of drug-likeness (QED) is 0.900. The van der Waals surface area contributed by atoms with Gasteiger partial charge in [-0.15, -0.1) is 0 Å². The molecule has 1 aliphatic carbocycles. The lowest BCUT2D eigenvalue weighted by atomic mass is 10.0. The van der Waals surface area contributed by atoms with Crippen molar-refractivity contribution in [1.82, 2.24) is 4.98 Å². The Balaban J connectivity index is 2.32. The van der Waals surface area contributed by atoms with Gasteiger partial charge in [0.05, 0.1) is 18.4 Å². The lowest BCUT2D eigenvalue weighted by Crippen LogP contribution is -1.99. The molecule has 1 saturated carbocycles. The minimum Gasteiger partial charge on any atom is -0.496 e. The van der Waals surface area contributed by atoms with Crippen LogP contribution >= 0.6 is 0 Å². The largest absolute Gasteiger partial charge is 0.496 e. The number of ether oxygens (including phenoxy) is 1. The lowest BCUT2D eigenvalue weighted by molar-refractivity contribution is 0.0696. The van der Waals surface area contributed by atoms with Gasteiger partial charge >= 0.3 is 5.97 Å². The van der Waals surface area contributed by atoms with Crippen LogP contribution in [-0.4, -0.2) is 23.2 Å². The van der Waals surface area contributed by atoms with E-state index in [0.717, 1.165) is 29.3 Å². The van der Waals surface area contributed by atoms with E-state index in [2.05, 4.69) is 4.98 Å².